The van der Waals surface area contributed by atoms with Crippen LogP contribution in [0.15, 0.2) is 18.2 Å². The molecule has 0 bridgehead atoms. The number of ether oxygens (including phenoxy) is 2. The average Bonchev–Trinajstić information content (AvgIpc) is 2.83. The van der Waals surface area contributed by atoms with Gasteiger partial charge in [-0.25, -0.2) is 0 Å². The van der Waals surface area contributed by atoms with Crippen molar-refractivity contribution in [2.24, 2.45) is 0 Å². The van der Waals surface area contributed by atoms with E-state index in [1.807, 2.05) is 12.1 Å². The van der Waals surface area contributed by atoms with Crippen LogP contribution in [0.1, 0.15) is 50.6 Å². The summed E-state index contributed by atoms with van der Waals surface area (Å²) in [5.74, 6) is 1.63. The van der Waals surface area contributed by atoms with Gasteiger partial charge in [-0.3, -0.25) is 0 Å². The predicted octanol–water partition coefficient (Wildman–Crippen LogP) is 2.76. The summed E-state index contributed by atoms with van der Waals surface area (Å²) in [5.41, 5.74) is 1.17. The molecule has 1 aromatic carbocycles. The van der Waals surface area contributed by atoms with Crippen LogP contribution < -0.4 is 14.8 Å². The molecular weight excluding hydrogens is 254 g/mol. The zero-order chi connectivity index (χ0) is 13.9. The average molecular weight is 277 g/mol. The van der Waals surface area contributed by atoms with E-state index in [-0.39, 0.29) is 18.2 Å². The summed E-state index contributed by atoms with van der Waals surface area (Å²) in [5, 5.41) is 13.8. The van der Waals surface area contributed by atoms with Crippen molar-refractivity contribution < 1.29 is 14.6 Å². The molecule has 1 aliphatic heterocycles. The molecule has 4 heteroatoms. The molecular formula is C16H23NO3. The highest BCUT2D eigenvalue weighted by Crippen LogP contribution is 2.34. The minimum Gasteiger partial charge on any atom is -0.454 e. The van der Waals surface area contributed by atoms with Gasteiger partial charge in [-0.05, 0) is 37.5 Å². The number of aliphatic hydroxyl groups excluding tert-OH is 1. The van der Waals surface area contributed by atoms with E-state index in [0.29, 0.717) is 6.79 Å². The molecule has 1 saturated carbocycles. The van der Waals surface area contributed by atoms with E-state index in [4.69, 9.17) is 9.47 Å². The molecule has 3 atom stereocenters. The highest BCUT2D eigenvalue weighted by Gasteiger charge is 2.24. The number of hydrogen-bond acceptors (Lipinski definition) is 4. The molecule has 4 nitrogen and oxygen atoms in total. The fraction of sp³-hybridized carbons (Fsp3) is 0.625. The number of benzene rings is 1. The third-order valence-electron chi connectivity index (χ3n) is 4.34. The lowest BCUT2D eigenvalue weighted by Crippen LogP contribution is -2.40. The number of rotatable bonds is 3. The first-order valence-electron chi connectivity index (χ1n) is 7.58. The first-order valence-corrected chi connectivity index (χ1v) is 7.58. The van der Waals surface area contributed by atoms with Gasteiger partial charge in [0.1, 0.15) is 0 Å². The van der Waals surface area contributed by atoms with Crippen molar-refractivity contribution in [2.75, 3.05) is 6.79 Å². The van der Waals surface area contributed by atoms with Crippen LogP contribution in [0.2, 0.25) is 0 Å². The Hall–Kier alpha value is -1.26. The lowest BCUT2D eigenvalue weighted by Gasteiger charge is -2.26. The molecule has 3 unspecified atom stereocenters. The largest absolute Gasteiger partial charge is 0.454 e. The van der Waals surface area contributed by atoms with Gasteiger partial charge in [0.15, 0.2) is 11.5 Å². The smallest absolute Gasteiger partial charge is 0.231 e. The van der Waals surface area contributed by atoms with Crippen LogP contribution in [0.4, 0.5) is 0 Å². The van der Waals surface area contributed by atoms with Crippen LogP contribution in [-0.4, -0.2) is 24.0 Å². The van der Waals surface area contributed by atoms with E-state index in [1.165, 1.54) is 18.4 Å². The molecule has 1 fully saturated rings. The van der Waals surface area contributed by atoms with E-state index in [9.17, 15) is 5.11 Å². The lowest BCUT2D eigenvalue weighted by atomic mass is 10.0. The summed E-state index contributed by atoms with van der Waals surface area (Å²) in [7, 11) is 0. The Morgan fingerprint density at radius 2 is 1.95 bits per heavy atom. The first-order chi connectivity index (χ1) is 9.74. The molecule has 2 aliphatic rings. The zero-order valence-corrected chi connectivity index (χ0v) is 12.0. The maximum absolute atomic E-state index is 10.2. The van der Waals surface area contributed by atoms with Crippen LogP contribution in [0.5, 0.6) is 11.5 Å². The van der Waals surface area contributed by atoms with Gasteiger partial charge < -0.3 is 19.9 Å². The van der Waals surface area contributed by atoms with Crippen molar-refractivity contribution in [3.05, 3.63) is 23.8 Å². The maximum atomic E-state index is 10.2. The molecule has 3 rings (SSSR count). The fourth-order valence-corrected chi connectivity index (χ4v) is 3.08. The highest BCUT2D eigenvalue weighted by molar-refractivity contribution is 5.45. The Kier molecular flexibility index (Phi) is 4.13. The van der Waals surface area contributed by atoms with Crippen LogP contribution in [0, 0.1) is 0 Å². The standard InChI is InChI=1S/C16H23NO3/c1-11(17-13-5-3-2-4-6-14(13)18)12-7-8-15-16(9-12)20-10-19-15/h7-9,11,13-14,17-18H,2-6,10H2,1H3. The molecule has 0 radical (unpaired) electrons. The fourth-order valence-electron chi connectivity index (χ4n) is 3.08. The number of hydrogen-bond donors (Lipinski definition) is 2. The normalized spacial score (nSPS) is 27.1. The van der Waals surface area contributed by atoms with Crippen LogP contribution >= 0.6 is 0 Å². The predicted molar refractivity (Wildman–Crippen MR) is 77.0 cm³/mol. The first kappa shape index (κ1) is 13.7. The van der Waals surface area contributed by atoms with Crippen molar-refractivity contribution in [3.8, 4) is 11.5 Å². The van der Waals surface area contributed by atoms with Gasteiger partial charge in [-0.15, -0.1) is 0 Å². The Morgan fingerprint density at radius 1 is 1.15 bits per heavy atom. The molecule has 1 aliphatic carbocycles. The van der Waals surface area contributed by atoms with E-state index in [1.54, 1.807) is 0 Å². The van der Waals surface area contributed by atoms with Crippen LogP contribution in [-0.2, 0) is 0 Å². The Morgan fingerprint density at radius 3 is 2.85 bits per heavy atom. The quantitative estimate of drug-likeness (QED) is 0.834. The van der Waals surface area contributed by atoms with E-state index >= 15 is 0 Å². The van der Waals surface area contributed by atoms with E-state index in [0.717, 1.165) is 30.8 Å². The zero-order valence-electron chi connectivity index (χ0n) is 12.0. The summed E-state index contributed by atoms with van der Waals surface area (Å²) in [6.45, 7) is 2.44. The van der Waals surface area contributed by atoms with Crippen molar-refractivity contribution in [1.82, 2.24) is 5.32 Å². The Bertz CT molecular complexity index is 463. The Balaban J connectivity index is 1.67. The maximum Gasteiger partial charge on any atom is 0.231 e. The Labute approximate surface area is 120 Å². The van der Waals surface area contributed by atoms with Gasteiger partial charge in [0.2, 0.25) is 6.79 Å². The van der Waals surface area contributed by atoms with Gasteiger partial charge in [-0.2, -0.15) is 0 Å². The van der Waals surface area contributed by atoms with Gasteiger partial charge in [0.25, 0.3) is 0 Å². The van der Waals surface area contributed by atoms with Gasteiger partial charge >= 0.3 is 0 Å². The molecule has 0 spiro atoms. The summed E-state index contributed by atoms with van der Waals surface area (Å²) >= 11 is 0. The van der Waals surface area contributed by atoms with Gasteiger partial charge in [-0.1, -0.05) is 25.3 Å². The summed E-state index contributed by atoms with van der Waals surface area (Å²) in [4.78, 5) is 0. The summed E-state index contributed by atoms with van der Waals surface area (Å²) in [6.07, 6.45) is 5.30. The second-order valence-electron chi connectivity index (χ2n) is 5.81. The molecule has 1 aromatic rings. The lowest BCUT2D eigenvalue weighted by molar-refractivity contribution is 0.115. The van der Waals surface area contributed by atoms with Crippen LogP contribution in [0.25, 0.3) is 0 Å². The number of nitrogens with one attached hydrogen (secondary N) is 1. The minimum atomic E-state index is -0.228. The van der Waals surface area contributed by atoms with Gasteiger partial charge in [0.05, 0.1) is 6.10 Å². The third kappa shape index (κ3) is 2.91. The highest BCUT2D eigenvalue weighted by atomic mass is 16.7. The van der Waals surface area contributed by atoms with E-state index in [2.05, 4.69) is 18.3 Å². The second kappa shape index (κ2) is 6.02. The SMILES string of the molecule is CC(NC1CCCCCC1O)c1ccc2c(c1)OCO2. The van der Waals surface area contributed by atoms with Crippen molar-refractivity contribution >= 4 is 0 Å². The van der Waals surface area contributed by atoms with Crippen LogP contribution in [0.3, 0.4) is 0 Å². The molecule has 0 saturated heterocycles. The van der Waals surface area contributed by atoms with Crippen molar-refractivity contribution in [2.45, 2.75) is 57.2 Å². The topological polar surface area (TPSA) is 50.7 Å². The molecule has 0 aromatic heterocycles. The minimum absolute atomic E-state index is 0.193. The number of fused-ring (bicyclic) bond motifs is 1. The molecule has 110 valence electrons. The summed E-state index contributed by atoms with van der Waals surface area (Å²) < 4.78 is 10.8. The molecule has 20 heavy (non-hydrogen) atoms. The van der Waals surface area contributed by atoms with Crippen molar-refractivity contribution in [3.63, 3.8) is 0 Å². The molecule has 0 amide bonds. The number of aliphatic hydroxyl groups is 1. The molecule has 2 N–H and O–H groups in total. The second-order valence-corrected chi connectivity index (χ2v) is 5.81. The third-order valence-corrected chi connectivity index (χ3v) is 4.34. The monoisotopic (exact) mass is 277 g/mol. The van der Waals surface area contributed by atoms with Crippen molar-refractivity contribution in [1.29, 1.82) is 0 Å². The summed E-state index contributed by atoms with van der Waals surface area (Å²) in [6, 6.07) is 6.44. The molecule has 1 heterocycles. The van der Waals surface area contributed by atoms with E-state index < -0.39 is 0 Å². The van der Waals surface area contributed by atoms with Gasteiger partial charge in [0, 0.05) is 12.1 Å².